The van der Waals surface area contributed by atoms with E-state index in [0.717, 1.165) is 22.3 Å². The Morgan fingerprint density at radius 1 is 1.18 bits per heavy atom. The van der Waals surface area contributed by atoms with E-state index in [2.05, 4.69) is 9.97 Å². The monoisotopic (exact) mass is 225 g/mol. The fourth-order valence-corrected chi connectivity index (χ4v) is 1.94. The lowest BCUT2D eigenvalue weighted by molar-refractivity contribution is 0.579. The van der Waals surface area contributed by atoms with Gasteiger partial charge in [0.25, 0.3) is 0 Å². The third kappa shape index (κ3) is 1.54. The molecular formula is C13H11N3O. The summed E-state index contributed by atoms with van der Waals surface area (Å²) in [7, 11) is 0. The van der Waals surface area contributed by atoms with Crippen LogP contribution in [-0.2, 0) is 0 Å². The molecule has 3 aromatic rings. The van der Waals surface area contributed by atoms with E-state index in [1.54, 1.807) is 12.3 Å². The molecule has 84 valence electrons. The maximum Gasteiger partial charge on any atom is 0.165 e. The van der Waals surface area contributed by atoms with Crippen molar-refractivity contribution in [3.8, 4) is 11.4 Å². The summed E-state index contributed by atoms with van der Waals surface area (Å²) < 4.78 is 5.67. The second kappa shape index (κ2) is 3.59. The van der Waals surface area contributed by atoms with Crippen LogP contribution in [0.3, 0.4) is 0 Å². The van der Waals surface area contributed by atoms with Crippen LogP contribution < -0.4 is 5.73 Å². The summed E-state index contributed by atoms with van der Waals surface area (Å²) >= 11 is 0. The van der Waals surface area contributed by atoms with Crippen LogP contribution in [0.2, 0.25) is 0 Å². The zero-order valence-electron chi connectivity index (χ0n) is 9.34. The lowest BCUT2D eigenvalue weighted by Gasteiger charge is -1.99. The van der Waals surface area contributed by atoms with Crippen LogP contribution in [0.4, 0.5) is 5.82 Å². The second-order valence-electron chi connectivity index (χ2n) is 3.83. The molecule has 0 saturated heterocycles. The second-order valence-corrected chi connectivity index (χ2v) is 3.83. The lowest BCUT2D eigenvalue weighted by atomic mass is 10.1. The molecule has 0 aliphatic carbocycles. The molecule has 0 spiro atoms. The van der Waals surface area contributed by atoms with Gasteiger partial charge < -0.3 is 10.2 Å². The highest BCUT2D eigenvalue weighted by atomic mass is 16.3. The van der Waals surface area contributed by atoms with Gasteiger partial charge in [-0.3, -0.25) is 0 Å². The van der Waals surface area contributed by atoms with Crippen molar-refractivity contribution < 1.29 is 4.42 Å². The van der Waals surface area contributed by atoms with Crippen LogP contribution in [0.1, 0.15) is 5.76 Å². The summed E-state index contributed by atoms with van der Waals surface area (Å²) in [6.45, 7) is 1.90. The van der Waals surface area contributed by atoms with E-state index in [-0.39, 0.29) is 0 Å². The molecule has 0 aliphatic rings. The number of nitrogen functional groups attached to an aromatic ring is 1. The van der Waals surface area contributed by atoms with Crippen molar-refractivity contribution in [3.05, 3.63) is 42.3 Å². The van der Waals surface area contributed by atoms with Gasteiger partial charge in [-0.25, -0.2) is 9.97 Å². The van der Waals surface area contributed by atoms with E-state index in [1.807, 2.05) is 31.2 Å². The highest BCUT2D eigenvalue weighted by Crippen LogP contribution is 2.32. The number of benzene rings is 1. The molecule has 1 aromatic carbocycles. The number of furan rings is 1. The van der Waals surface area contributed by atoms with Gasteiger partial charge in [-0.1, -0.05) is 18.2 Å². The number of fused-ring (bicyclic) bond motifs is 1. The lowest BCUT2D eigenvalue weighted by Crippen LogP contribution is -1.94. The summed E-state index contributed by atoms with van der Waals surface area (Å²) in [6, 6.07) is 9.50. The molecule has 0 bridgehead atoms. The Kier molecular flexibility index (Phi) is 2.08. The Labute approximate surface area is 98.1 Å². The number of nitrogens with two attached hydrogens (primary N) is 1. The Morgan fingerprint density at radius 2 is 2.00 bits per heavy atom. The van der Waals surface area contributed by atoms with Gasteiger partial charge in [0, 0.05) is 11.6 Å². The molecule has 2 heterocycles. The minimum Gasteiger partial charge on any atom is -0.461 e. The summed E-state index contributed by atoms with van der Waals surface area (Å²) in [5.41, 5.74) is 7.43. The highest BCUT2D eigenvalue weighted by molar-refractivity contribution is 5.93. The van der Waals surface area contributed by atoms with Gasteiger partial charge >= 0.3 is 0 Å². The minimum absolute atomic E-state index is 0.458. The van der Waals surface area contributed by atoms with Gasteiger partial charge in [-0.05, 0) is 19.1 Å². The summed E-state index contributed by atoms with van der Waals surface area (Å²) in [5, 5.41) is 1.01. The van der Waals surface area contributed by atoms with Crippen molar-refractivity contribution in [3.63, 3.8) is 0 Å². The average Bonchev–Trinajstić information content (AvgIpc) is 2.64. The Morgan fingerprint density at radius 3 is 2.82 bits per heavy atom. The minimum atomic E-state index is 0.458. The highest BCUT2D eigenvalue weighted by Gasteiger charge is 2.14. The van der Waals surface area contributed by atoms with Gasteiger partial charge in [-0.15, -0.1) is 0 Å². The number of anilines is 1. The van der Waals surface area contributed by atoms with E-state index in [1.165, 1.54) is 0 Å². The molecule has 0 unspecified atom stereocenters. The molecule has 17 heavy (non-hydrogen) atoms. The van der Waals surface area contributed by atoms with Gasteiger partial charge in [0.2, 0.25) is 0 Å². The quantitative estimate of drug-likeness (QED) is 0.691. The van der Waals surface area contributed by atoms with Crippen molar-refractivity contribution in [2.24, 2.45) is 0 Å². The summed E-state index contributed by atoms with van der Waals surface area (Å²) in [6.07, 6.45) is 1.65. The zero-order chi connectivity index (χ0) is 11.8. The molecule has 2 aromatic heterocycles. The molecule has 0 fully saturated rings. The fraction of sp³-hybridized carbons (Fsp3) is 0.0769. The fourth-order valence-electron chi connectivity index (χ4n) is 1.94. The Hall–Kier alpha value is -2.36. The third-order valence-electron chi connectivity index (χ3n) is 2.67. The van der Waals surface area contributed by atoms with Crippen molar-refractivity contribution in [2.45, 2.75) is 6.92 Å². The van der Waals surface area contributed by atoms with Crippen molar-refractivity contribution >= 4 is 16.8 Å². The average molecular weight is 225 g/mol. The number of rotatable bonds is 1. The van der Waals surface area contributed by atoms with Crippen molar-refractivity contribution in [2.75, 3.05) is 5.73 Å². The van der Waals surface area contributed by atoms with Crippen molar-refractivity contribution in [1.82, 2.24) is 9.97 Å². The Balaban J connectivity index is 2.33. The van der Waals surface area contributed by atoms with Crippen LogP contribution in [0.5, 0.6) is 0 Å². The SMILES string of the molecule is Cc1oc2ccccc2c1-c1nccc(N)n1. The van der Waals surface area contributed by atoms with Crippen LogP contribution >= 0.6 is 0 Å². The first kappa shape index (κ1) is 9.84. The molecule has 0 amide bonds. The number of nitrogens with zero attached hydrogens (tertiary/aromatic N) is 2. The first-order chi connectivity index (χ1) is 8.25. The topological polar surface area (TPSA) is 64.9 Å². The number of aryl methyl sites for hydroxylation is 1. The van der Waals surface area contributed by atoms with E-state index in [0.29, 0.717) is 11.6 Å². The predicted molar refractivity (Wildman–Crippen MR) is 66.4 cm³/mol. The van der Waals surface area contributed by atoms with Gasteiger partial charge in [0.1, 0.15) is 17.2 Å². The molecule has 4 nitrogen and oxygen atoms in total. The van der Waals surface area contributed by atoms with E-state index in [9.17, 15) is 0 Å². The first-order valence-electron chi connectivity index (χ1n) is 5.33. The molecule has 0 saturated carbocycles. The Bertz CT molecular complexity index is 688. The van der Waals surface area contributed by atoms with Gasteiger partial charge in [-0.2, -0.15) is 0 Å². The van der Waals surface area contributed by atoms with Gasteiger partial charge in [0.15, 0.2) is 5.82 Å². The maximum atomic E-state index is 5.68. The molecule has 4 heteroatoms. The smallest absolute Gasteiger partial charge is 0.165 e. The molecular weight excluding hydrogens is 214 g/mol. The largest absolute Gasteiger partial charge is 0.461 e. The number of para-hydroxylation sites is 1. The van der Waals surface area contributed by atoms with E-state index in [4.69, 9.17) is 10.2 Å². The van der Waals surface area contributed by atoms with E-state index < -0.39 is 0 Å². The standard InChI is InChI=1S/C13H11N3O/c1-8-12(13-15-7-6-11(14)16-13)9-4-2-3-5-10(9)17-8/h2-7H,1H3,(H2,14,15,16). The number of hydrogen-bond acceptors (Lipinski definition) is 4. The van der Waals surface area contributed by atoms with Gasteiger partial charge in [0.05, 0.1) is 5.56 Å². The van der Waals surface area contributed by atoms with Crippen LogP contribution in [-0.4, -0.2) is 9.97 Å². The molecule has 0 aliphatic heterocycles. The molecule has 3 rings (SSSR count). The number of aromatic nitrogens is 2. The van der Waals surface area contributed by atoms with Crippen LogP contribution in [0, 0.1) is 6.92 Å². The molecule has 0 radical (unpaired) electrons. The van der Waals surface area contributed by atoms with Crippen LogP contribution in [0.15, 0.2) is 40.9 Å². The third-order valence-corrected chi connectivity index (χ3v) is 2.67. The summed E-state index contributed by atoms with van der Waals surface area (Å²) in [5.74, 6) is 1.86. The van der Waals surface area contributed by atoms with Crippen LogP contribution in [0.25, 0.3) is 22.4 Å². The predicted octanol–water partition coefficient (Wildman–Crippen LogP) is 2.78. The molecule has 2 N–H and O–H groups in total. The molecule has 0 atom stereocenters. The summed E-state index contributed by atoms with van der Waals surface area (Å²) in [4.78, 5) is 8.48. The first-order valence-corrected chi connectivity index (χ1v) is 5.33. The normalized spacial score (nSPS) is 10.9. The van der Waals surface area contributed by atoms with E-state index >= 15 is 0 Å². The maximum absolute atomic E-state index is 5.68. The van der Waals surface area contributed by atoms with Crippen molar-refractivity contribution in [1.29, 1.82) is 0 Å². The zero-order valence-corrected chi connectivity index (χ0v) is 9.34. The number of hydrogen-bond donors (Lipinski definition) is 1.